The summed E-state index contributed by atoms with van der Waals surface area (Å²) in [6.07, 6.45) is 36.7. The number of carbonyl (C=O) groups excluding carboxylic acids is 2. The molecule has 0 aromatic rings. The lowest BCUT2D eigenvalue weighted by atomic mass is 9.85. The van der Waals surface area contributed by atoms with E-state index in [9.17, 15) is 44.6 Å². The van der Waals surface area contributed by atoms with E-state index in [0.717, 1.165) is 44.9 Å². The highest BCUT2D eigenvalue weighted by Gasteiger charge is 2.51. The lowest BCUT2D eigenvalue weighted by molar-refractivity contribution is -0.220. The number of allylic oxidation sites excluding steroid dienone is 4. The van der Waals surface area contributed by atoms with Crippen LogP contribution in [0, 0.1) is 0 Å². The van der Waals surface area contributed by atoms with Crippen LogP contribution in [0.3, 0.4) is 0 Å². The number of phosphoric acid groups is 1. The van der Waals surface area contributed by atoms with Gasteiger partial charge in [-0.05, 0) is 57.8 Å². The molecule has 0 radical (unpaired) electrons. The molecule has 1 fully saturated rings. The average molecular weight is 975 g/mol. The predicted octanol–water partition coefficient (Wildman–Crippen LogP) is 12.0. The summed E-state index contributed by atoms with van der Waals surface area (Å²) in [6, 6.07) is 0. The molecular formula is C53H99O13P. The van der Waals surface area contributed by atoms with E-state index in [4.69, 9.17) is 18.5 Å². The number of aliphatic hydroxyl groups excluding tert-OH is 5. The summed E-state index contributed by atoms with van der Waals surface area (Å²) < 4.78 is 33.6. The molecule has 0 aromatic heterocycles. The highest BCUT2D eigenvalue weighted by atomic mass is 31.2. The summed E-state index contributed by atoms with van der Waals surface area (Å²) in [7, 11) is -5.13. The van der Waals surface area contributed by atoms with Crippen molar-refractivity contribution in [3.05, 3.63) is 24.3 Å². The normalized spacial score (nSPS) is 21.3. The van der Waals surface area contributed by atoms with Crippen molar-refractivity contribution in [1.29, 1.82) is 0 Å². The molecular weight excluding hydrogens is 876 g/mol. The zero-order chi connectivity index (χ0) is 49.2. The van der Waals surface area contributed by atoms with Gasteiger partial charge in [0.25, 0.3) is 0 Å². The van der Waals surface area contributed by atoms with E-state index in [1.807, 2.05) is 0 Å². The first-order valence-electron chi connectivity index (χ1n) is 27.1. The van der Waals surface area contributed by atoms with Gasteiger partial charge in [-0.15, -0.1) is 0 Å². The molecule has 1 aliphatic carbocycles. The molecule has 6 N–H and O–H groups in total. The van der Waals surface area contributed by atoms with E-state index < -0.39 is 75.7 Å². The van der Waals surface area contributed by atoms with Crippen LogP contribution in [0.4, 0.5) is 0 Å². The Morgan fingerprint density at radius 1 is 0.448 bits per heavy atom. The Bertz CT molecular complexity index is 1270. The van der Waals surface area contributed by atoms with Gasteiger partial charge in [0.15, 0.2) is 6.10 Å². The van der Waals surface area contributed by atoms with Crippen LogP contribution < -0.4 is 0 Å². The van der Waals surface area contributed by atoms with Gasteiger partial charge < -0.3 is 39.9 Å². The quantitative estimate of drug-likeness (QED) is 0.0145. The van der Waals surface area contributed by atoms with Crippen LogP contribution in [0.2, 0.25) is 0 Å². The minimum Gasteiger partial charge on any atom is -0.462 e. The lowest BCUT2D eigenvalue weighted by Crippen LogP contribution is -2.64. The third kappa shape index (κ3) is 35.1. The highest BCUT2D eigenvalue weighted by molar-refractivity contribution is 7.47. The van der Waals surface area contributed by atoms with Gasteiger partial charge in [-0.2, -0.15) is 0 Å². The molecule has 0 bridgehead atoms. The summed E-state index contributed by atoms with van der Waals surface area (Å²) in [5, 5.41) is 50.3. The van der Waals surface area contributed by atoms with Crippen LogP contribution in [-0.4, -0.2) is 98.3 Å². The van der Waals surface area contributed by atoms with Gasteiger partial charge >= 0.3 is 19.8 Å². The van der Waals surface area contributed by atoms with Crippen molar-refractivity contribution in [2.24, 2.45) is 0 Å². The first-order chi connectivity index (χ1) is 32.4. The summed E-state index contributed by atoms with van der Waals surface area (Å²) in [5.74, 6) is -1.13. The van der Waals surface area contributed by atoms with Crippen molar-refractivity contribution in [3.8, 4) is 0 Å². The van der Waals surface area contributed by atoms with Crippen molar-refractivity contribution in [1.82, 2.24) is 0 Å². The van der Waals surface area contributed by atoms with Crippen LogP contribution in [0.5, 0.6) is 0 Å². The monoisotopic (exact) mass is 975 g/mol. The molecule has 1 aliphatic rings. The Morgan fingerprint density at radius 2 is 0.776 bits per heavy atom. The molecule has 0 saturated heterocycles. The molecule has 13 nitrogen and oxygen atoms in total. The van der Waals surface area contributed by atoms with E-state index in [0.29, 0.717) is 19.3 Å². The number of ether oxygens (including phenoxy) is 2. The van der Waals surface area contributed by atoms with Crippen molar-refractivity contribution >= 4 is 19.8 Å². The Labute approximate surface area is 406 Å². The topological polar surface area (TPSA) is 210 Å². The van der Waals surface area contributed by atoms with Crippen LogP contribution in [-0.2, 0) is 32.7 Å². The molecule has 0 spiro atoms. The first kappa shape index (κ1) is 63.3. The number of unbranched alkanes of at least 4 members (excludes halogenated alkanes) is 30. The van der Waals surface area contributed by atoms with E-state index >= 15 is 0 Å². The Morgan fingerprint density at radius 3 is 1.19 bits per heavy atom. The fraction of sp³-hybridized carbons (Fsp3) is 0.887. The Balaban J connectivity index is 2.36. The summed E-state index contributed by atoms with van der Waals surface area (Å²) in [4.78, 5) is 35.8. The molecule has 0 heterocycles. The number of hydrogen-bond acceptors (Lipinski definition) is 12. The lowest BCUT2D eigenvalue weighted by Gasteiger charge is -2.41. The maximum Gasteiger partial charge on any atom is 0.472 e. The Kier molecular flexibility index (Phi) is 40.8. The van der Waals surface area contributed by atoms with Gasteiger partial charge in [0.1, 0.15) is 43.2 Å². The molecule has 1 rings (SSSR count). The predicted molar refractivity (Wildman–Crippen MR) is 267 cm³/mol. The van der Waals surface area contributed by atoms with Crippen molar-refractivity contribution in [2.75, 3.05) is 13.2 Å². The van der Waals surface area contributed by atoms with Gasteiger partial charge in [0, 0.05) is 12.8 Å². The van der Waals surface area contributed by atoms with Crippen molar-refractivity contribution in [3.63, 3.8) is 0 Å². The summed E-state index contributed by atoms with van der Waals surface area (Å²) in [6.45, 7) is 3.30. The Hall–Kier alpha value is -1.67. The molecule has 0 aromatic carbocycles. The number of aliphatic hydroxyl groups is 5. The van der Waals surface area contributed by atoms with Crippen LogP contribution in [0.15, 0.2) is 24.3 Å². The zero-order valence-corrected chi connectivity index (χ0v) is 43.1. The van der Waals surface area contributed by atoms with E-state index in [2.05, 4.69) is 38.2 Å². The first-order valence-corrected chi connectivity index (χ1v) is 28.6. The van der Waals surface area contributed by atoms with Gasteiger partial charge in [0.2, 0.25) is 0 Å². The number of phosphoric ester groups is 1. The summed E-state index contributed by atoms with van der Waals surface area (Å²) >= 11 is 0. The van der Waals surface area contributed by atoms with Crippen molar-refractivity contribution < 1.29 is 63.1 Å². The number of carbonyl (C=O) groups is 2. The fourth-order valence-electron chi connectivity index (χ4n) is 8.41. The van der Waals surface area contributed by atoms with Crippen molar-refractivity contribution in [2.45, 2.75) is 288 Å². The standard InChI is InChI=1S/C53H99O13P/c1-3-5-7-9-11-13-15-17-19-20-21-22-23-24-25-26-28-30-32-34-36-38-40-42-47(55)65-45(44-64-67(61,62)66-53-51(59)49(57)48(56)50(58)52(53)60)43-63-46(54)41-39-37-35-33-31-29-27-18-16-14-12-10-8-6-4-2/h14,16,34,36,45,48-53,56-60H,3-13,15,17-33,35,37-44H2,1-2H3,(H,61,62)/b16-14+,36-34+/t45-,48?,49-,50?,51?,52?,53?/m1/s1. The third-order valence-electron chi connectivity index (χ3n) is 12.8. The third-order valence-corrected chi connectivity index (χ3v) is 13.8. The summed E-state index contributed by atoms with van der Waals surface area (Å²) in [5.41, 5.74) is 0. The van der Waals surface area contributed by atoms with Gasteiger partial charge in [0.05, 0.1) is 6.61 Å². The molecule has 1 saturated carbocycles. The molecule has 6 unspecified atom stereocenters. The van der Waals surface area contributed by atoms with E-state index in [1.165, 1.54) is 154 Å². The molecule has 67 heavy (non-hydrogen) atoms. The second kappa shape index (κ2) is 43.1. The van der Waals surface area contributed by atoms with Crippen LogP contribution >= 0.6 is 7.82 Å². The smallest absolute Gasteiger partial charge is 0.462 e. The van der Waals surface area contributed by atoms with Gasteiger partial charge in [-0.25, -0.2) is 4.57 Å². The maximum atomic E-state index is 12.9. The molecule has 0 amide bonds. The molecule has 14 heteroatoms. The van der Waals surface area contributed by atoms with E-state index in [-0.39, 0.29) is 12.8 Å². The highest BCUT2D eigenvalue weighted by Crippen LogP contribution is 2.47. The number of rotatable bonds is 46. The average Bonchev–Trinajstić information content (AvgIpc) is 3.31. The van der Waals surface area contributed by atoms with Crippen LogP contribution in [0.1, 0.15) is 245 Å². The zero-order valence-electron chi connectivity index (χ0n) is 42.2. The number of esters is 2. The van der Waals surface area contributed by atoms with Crippen LogP contribution in [0.25, 0.3) is 0 Å². The second-order valence-corrected chi connectivity index (χ2v) is 20.5. The van der Waals surface area contributed by atoms with Gasteiger partial charge in [-0.1, -0.05) is 199 Å². The van der Waals surface area contributed by atoms with E-state index in [1.54, 1.807) is 0 Å². The molecule has 8 atom stereocenters. The fourth-order valence-corrected chi connectivity index (χ4v) is 9.38. The number of hydrogen-bond donors (Lipinski definition) is 6. The largest absolute Gasteiger partial charge is 0.472 e. The minimum atomic E-state index is -5.13. The minimum absolute atomic E-state index is 0.0512. The molecule has 394 valence electrons. The molecule has 0 aliphatic heterocycles. The maximum absolute atomic E-state index is 12.9. The second-order valence-electron chi connectivity index (χ2n) is 19.1. The van der Waals surface area contributed by atoms with Gasteiger partial charge in [-0.3, -0.25) is 18.6 Å². The SMILES string of the molecule is CCCCCC/C=C/CCCCCCCCCC(=O)OC[C@H](COP(=O)(O)OC1C(O)C(O)C(O)[C@@H](O)C1O)OC(=O)CCC/C=C/CCCCCCCCCCCCCCCCCCCC.